The van der Waals surface area contributed by atoms with Gasteiger partial charge in [0.1, 0.15) is 5.52 Å². The fourth-order valence-electron chi connectivity index (χ4n) is 2.47. The number of rotatable bonds is 5. The predicted octanol–water partition coefficient (Wildman–Crippen LogP) is 5.21. The van der Waals surface area contributed by atoms with Gasteiger partial charge in [-0.05, 0) is 41.8 Å². The molecular formula is C17H17Cl2N3. The van der Waals surface area contributed by atoms with E-state index < -0.39 is 0 Å². The van der Waals surface area contributed by atoms with Crippen molar-refractivity contribution in [3.8, 4) is 0 Å². The number of fused-ring (bicyclic) bond motifs is 1. The van der Waals surface area contributed by atoms with E-state index in [1.807, 2.05) is 41.1 Å². The molecule has 1 heterocycles. The molecule has 2 aromatic carbocycles. The van der Waals surface area contributed by atoms with Crippen molar-refractivity contribution in [1.29, 1.82) is 0 Å². The molecule has 0 saturated heterocycles. The van der Waals surface area contributed by atoms with E-state index >= 15 is 0 Å². The van der Waals surface area contributed by atoms with Gasteiger partial charge in [-0.2, -0.15) is 0 Å². The zero-order valence-electron chi connectivity index (χ0n) is 12.3. The van der Waals surface area contributed by atoms with E-state index in [1.165, 1.54) is 0 Å². The Morgan fingerprint density at radius 3 is 2.73 bits per heavy atom. The minimum absolute atomic E-state index is 0.238. The van der Waals surface area contributed by atoms with Gasteiger partial charge in [-0.1, -0.05) is 48.4 Å². The fourth-order valence-corrected chi connectivity index (χ4v) is 2.94. The number of aryl methyl sites for hydroxylation is 1. The number of unbranched alkanes of at least 4 members (excludes halogenated alkanes) is 1. The minimum atomic E-state index is -0.238. The monoisotopic (exact) mass is 333 g/mol. The van der Waals surface area contributed by atoms with Gasteiger partial charge in [-0.15, -0.1) is 16.7 Å². The Morgan fingerprint density at radius 1 is 1.14 bits per heavy atom. The minimum Gasteiger partial charge on any atom is -0.245 e. The molecule has 0 aliphatic heterocycles. The summed E-state index contributed by atoms with van der Waals surface area (Å²) in [5, 5.41) is 8.89. The average molecular weight is 334 g/mol. The van der Waals surface area contributed by atoms with Crippen LogP contribution in [0.4, 0.5) is 0 Å². The lowest BCUT2D eigenvalue weighted by atomic mass is 10.0. The molecule has 0 fully saturated rings. The zero-order chi connectivity index (χ0) is 15.5. The topological polar surface area (TPSA) is 30.7 Å². The highest BCUT2D eigenvalue weighted by Crippen LogP contribution is 2.31. The van der Waals surface area contributed by atoms with Crippen molar-refractivity contribution in [2.24, 2.45) is 0 Å². The Balaban J connectivity index is 1.96. The molecule has 0 aliphatic carbocycles. The van der Waals surface area contributed by atoms with Gasteiger partial charge in [0, 0.05) is 11.6 Å². The van der Waals surface area contributed by atoms with Crippen LogP contribution in [0.1, 0.15) is 36.3 Å². The van der Waals surface area contributed by atoms with Gasteiger partial charge < -0.3 is 0 Å². The molecule has 0 N–H and O–H groups in total. The maximum Gasteiger partial charge on any atom is 0.113 e. The van der Waals surface area contributed by atoms with Gasteiger partial charge in [0.15, 0.2) is 0 Å². The summed E-state index contributed by atoms with van der Waals surface area (Å²) in [5.41, 5.74) is 3.94. The summed E-state index contributed by atoms with van der Waals surface area (Å²) in [6, 6.07) is 13.7. The Morgan fingerprint density at radius 2 is 1.95 bits per heavy atom. The Kier molecular flexibility index (Phi) is 4.65. The molecule has 3 rings (SSSR count). The van der Waals surface area contributed by atoms with Crippen LogP contribution in [0.3, 0.4) is 0 Å². The van der Waals surface area contributed by atoms with Crippen molar-refractivity contribution in [3.05, 3.63) is 58.6 Å². The van der Waals surface area contributed by atoms with Crippen LogP contribution in [0.5, 0.6) is 0 Å². The Bertz CT molecular complexity index is 782. The molecule has 0 amide bonds. The van der Waals surface area contributed by atoms with Crippen LogP contribution in [0, 0.1) is 0 Å². The highest BCUT2D eigenvalue weighted by molar-refractivity contribution is 6.30. The molecule has 1 unspecified atom stereocenters. The quantitative estimate of drug-likeness (QED) is 0.600. The smallest absolute Gasteiger partial charge is 0.113 e. The van der Waals surface area contributed by atoms with Crippen LogP contribution in [0.15, 0.2) is 42.5 Å². The van der Waals surface area contributed by atoms with E-state index in [0.717, 1.165) is 41.5 Å². The van der Waals surface area contributed by atoms with Crippen molar-refractivity contribution >= 4 is 34.2 Å². The number of aromatic nitrogens is 3. The molecular weight excluding hydrogens is 317 g/mol. The van der Waals surface area contributed by atoms with E-state index in [2.05, 4.69) is 23.3 Å². The Labute approximate surface area is 139 Å². The molecule has 0 bridgehead atoms. The third kappa shape index (κ3) is 3.11. The SMILES string of the molecule is CCCCn1nnc2ccc(C(Cl)c3cccc(Cl)c3)cc21. The van der Waals surface area contributed by atoms with Crippen LogP contribution >= 0.6 is 23.2 Å². The first-order valence-corrected chi connectivity index (χ1v) is 8.23. The lowest BCUT2D eigenvalue weighted by Gasteiger charge is -2.11. The number of hydrogen-bond acceptors (Lipinski definition) is 2. The lowest BCUT2D eigenvalue weighted by molar-refractivity contribution is 0.567. The number of nitrogens with zero attached hydrogens (tertiary/aromatic N) is 3. The fraction of sp³-hybridized carbons (Fsp3) is 0.294. The number of benzene rings is 2. The summed E-state index contributed by atoms with van der Waals surface area (Å²) >= 11 is 12.7. The second-order valence-electron chi connectivity index (χ2n) is 5.33. The van der Waals surface area contributed by atoms with Crippen LogP contribution in [0.25, 0.3) is 11.0 Å². The molecule has 3 aromatic rings. The molecule has 1 aromatic heterocycles. The largest absolute Gasteiger partial charge is 0.245 e. The van der Waals surface area contributed by atoms with E-state index in [-0.39, 0.29) is 5.38 Å². The van der Waals surface area contributed by atoms with Crippen molar-refractivity contribution in [3.63, 3.8) is 0 Å². The van der Waals surface area contributed by atoms with Crippen LogP contribution < -0.4 is 0 Å². The average Bonchev–Trinajstić information content (AvgIpc) is 2.94. The van der Waals surface area contributed by atoms with Crippen molar-refractivity contribution in [1.82, 2.24) is 15.0 Å². The first-order valence-electron chi connectivity index (χ1n) is 7.41. The number of halogens is 2. The van der Waals surface area contributed by atoms with E-state index in [4.69, 9.17) is 23.2 Å². The van der Waals surface area contributed by atoms with Crippen molar-refractivity contribution in [2.75, 3.05) is 0 Å². The van der Waals surface area contributed by atoms with Gasteiger partial charge in [0.25, 0.3) is 0 Å². The first kappa shape index (κ1) is 15.3. The molecule has 3 nitrogen and oxygen atoms in total. The van der Waals surface area contributed by atoms with Gasteiger partial charge in [-0.3, -0.25) is 0 Å². The number of alkyl halides is 1. The molecule has 0 aliphatic rings. The highest BCUT2D eigenvalue weighted by atomic mass is 35.5. The molecule has 0 radical (unpaired) electrons. The standard InChI is InChI=1S/C17H17Cl2N3/c1-2-3-9-22-16-11-13(7-8-15(16)20-21-22)17(19)12-5-4-6-14(18)10-12/h4-8,10-11,17H,2-3,9H2,1H3. The van der Waals surface area contributed by atoms with Crippen molar-refractivity contribution < 1.29 is 0 Å². The zero-order valence-corrected chi connectivity index (χ0v) is 13.8. The highest BCUT2D eigenvalue weighted by Gasteiger charge is 2.13. The summed E-state index contributed by atoms with van der Waals surface area (Å²) in [4.78, 5) is 0. The molecule has 22 heavy (non-hydrogen) atoms. The van der Waals surface area contributed by atoms with Gasteiger partial charge in [-0.25, -0.2) is 4.68 Å². The maximum atomic E-state index is 6.62. The lowest BCUT2D eigenvalue weighted by Crippen LogP contribution is -2.00. The molecule has 1 atom stereocenters. The number of hydrogen-bond donors (Lipinski definition) is 0. The second-order valence-corrected chi connectivity index (χ2v) is 6.20. The molecule has 114 valence electrons. The normalized spacial score (nSPS) is 12.7. The molecule has 0 spiro atoms. The van der Waals surface area contributed by atoms with Gasteiger partial charge in [0.2, 0.25) is 0 Å². The van der Waals surface area contributed by atoms with Gasteiger partial charge >= 0.3 is 0 Å². The summed E-state index contributed by atoms with van der Waals surface area (Å²) < 4.78 is 1.95. The maximum absolute atomic E-state index is 6.62. The Hall–Kier alpha value is -1.58. The van der Waals surface area contributed by atoms with Crippen LogP contribution in [0.2, 0.25) is 5.02 Å². The van der Waals surface area contributed by atoms with Crippen LogP contribution in [-0.4, -0.2) is 15.0 Å². The van der Waals surface area contributed by atoms with E-state index in [1.54, 1.807) is 0 Å². The van der Waals surface area contributed by atoms with Crippen LogP contribution in [-0.2, 0) is 6.54 Å². The third-order valence-electron chi connectivity index (χ3n) is 3.70. The van der Waals surface area contributed by atoms with E-state index in [0.29, 0.717) is 5.02 Å². The van der Waals surface area contributed by atoms with Gasteiger partial charge in [0.05, 0.1) is 10.9 Å². The summed E-state index contributed by atoms with van der Waals surface area (Å²) in [5.74, 6) is 0. The third-order valence-corrected chi connectivity index (χ3v) is 4.43. The van der Waals surface area contributed by atoms with Crippen molar-refractivity contribution in [2.45, 2.75) is 31.7 Å². The summed E-state index contributed by atoms with van der Waals surface area (Å²) in [6.45, 7) is 3.04. The predicted molar refractivity (Wildman–Crippen MR) is 91.6 cm³/mol. The summed E-state index contributed by atoms with van der Waals surface area (Å²) in [6.07, 6.45) is 2.21. The molecule has 0 saturated carbocycles. The second kappa shape index (κ2) is 6.67. The first-order chi connectivity index (χ1) is 10.7. The molecule has 5 heteroatoms. The summed E-state index contributed by atoms with van der Waals surface area (Å²) in [7, 11) is 0. The van der Waals surface area contributed by atoms with E-state index in [9.17, 15) is 0 Å².